The summed E-state index contributed by atoms with van der Waals surface area (Å²) in [5, 5.41) is 0. The van der Waals surface area contributed by atoms with Crippen molar-refractivity contribution in [3.63, 3.8) is 0 Å². The van der Waals surface area contributed by atoms with Crippen molar-refractivity contribution in [2.75, 3.05) is 0 Å². The van der Waals surface area contributed by atoms with Crippen LogP contribution < -0.4 is 0 Å². The van der Waals surface area contributed by atoms with E-state index < -0.39 is 0 Å². The predicted molar refractivity (Wildman–Crippen MR) is 41.8 cm³/mol. The van der Waals surface area contributed by atoms with Crippen LogP contribution in [-0.2, 0) is 0 Å². The van der Waals surface area contributed by atoms with Crippen LogP contribution in [0.3, 0.4) is 0 Å². The number of hydrogen-bond acceptors (Lipinski definition) is 0. The Labute approximate surface area is 61.9 Å². The van der Waals surface area contributed by atoms with E-state index in [4.69, 9.17) is 0 Å². The largest absolute Gasteiger partial charge is 0.0712 e. The zero-order valence-electron chi connectivity index (χ0n) is 6.24. The first-order valence-corrected chi connectivity index (χ1v) is 4.16. The van der Waals surface area contributed by atoms with E-state index in [0.717, 1.165) is 0 Å². The molecule has 2 aliphatic rings. The molecule has 0 amide bonds. The van der Waals surface area contributed by atoms with Crippen molar-refractivity contribution in [2.24, 2.45) is 0 Å². The van der Waals surface area contributed by atoms with Gasteiger partial charge < -0.3 is 0 Å². The summed E-state index contributed by atoms with van der Waals surface area (Å²) in [6, 6.07) is 0. The molecule has 0 N–H and O–H groups in total. The maximum absolute atomic E-state index is 3.25. The highest BCUT2D eigenvalue weighted by Crippen LogP contribution is 2.26. The van der Waals surface area contributed by atoms with E-state index in [1.807, 2.05) is 0 Å². The fraction of sp³-hybridized carbons (Fsp3) is 0.600. The lowest BCUT2D eigenvalue weighted by Gasteiger charge is -2.13. The molecule has 2 saturated carbocycles. The average Bonchev–Trinajstić information content (AvgIpc) is 1.70. The minimum absolute atomic E-state index is 1.28. The summed E-state index contributed by atoms with van der Waals surface area (Å²) in [5.41, 5.74) is 9.47. The predicted octanol–water partition coefficient (Wildman–Crippen LogP) is 2.96. The zero-order chi connectivity index (χ0) is 6.81. The number of allylic oxidation sites excluding steroid dienone is 2. The van der Waals surface area contributed by atoms with Gasteiger partial charge in [-0.05, 0) is 49.7 Å². The third kappa shape index (κ3) is 1.09. The normalized spacial score (nSPS) is 22.4. The van der Waals surface area contributed by atoms with Gasteiger partial charge in [0.2, 0.25) is 0 Å². The maximum atomic E-state index is 3.25. The second-order valence-electron chi connectivity index (χ2n) is 3.16. The molecule has 2 aliphatic carbocycles. The Kier molecular flexibility index (Phi) is 1.51. The minimum atomic E-state index is 1.28. The van der Waals surface area contributed by atoms with Crippen molar-refractivity contribution in [1.82, 2.24) is 0 Å². The van der Waals surface area contributed by atoms with Crippen molar-refractivity contribution in [3.8, 4) is 0 Å². The van der Waals surface area contributed by atoms with Crippen molar-refractivity contribution in [1.29, 1.82) is 0 Å². The van der Waals surface area contributed by atoms with E-state index in [1.54, 1.807) is 0 Å². The molecule has 0 atom stereocenters. The summed E-state index contributed by atoms with van der Waals surface area (Å²) in [5.74, 6) is 0. The van der Waals surface area contributed by atoms with Crippen molar-refractivity contribution >= 4 is 0 Å². The Morgan fingerprint density at radius 1 is 0.700 bits per heavy atom. The van der Waals surface area contributed by atoms with Gasteiger partial charge in [0.1, 0.15) is 0 Å². The second-order valence-corrected chi connectivity index (χ2v) is 3.16. The fourth-order valence-corrected chi connectivity index (χ4v) is 1.13. The molecule has 2 rings (SSSR count). The summed E-state index contributed by atoms with van der Waals surface area (Å²) in [4.78, 5) is 0. The standard InChI is InChI=1S/C10H12/c1-3-9(4-1)7-8-10-5-2-6-10/h1-6H2. The van der Waals surface area contributed by atoms with E-state index in [9.17, 15) is 0 Å². The van der Waals surface area contributed by atoms with E-state index in [0.29, 0.717) is 0 Å². The maximum Gasteiger partial charge on any atom is -0.0199 e. The lowest BCUT2D eigenvalue weighted by molar-refractivity contribution is 0.658. The van der Waals surface area contributed by atoms with Gasteiger partial charge in [-0.3, -0.25) is 0 Å². The number of rotatable bonds is 0. The van der Waals surface area contributed by atoms with Gasteiger partial charge in [-0.1, -0.05) is 11.5 Å². The summed E-state index contributed by atoms with van der Waals surface area (Å²) in [7, 11) is 0. The molecular formula is C10H12. The molecule has 0 unspecified atom stereocenters. The molecule has 0 nitrogen and oxygen atoms in total. The smallest absolute Gasteiger partial charge is 0.0199 e. The molecule has 0 aromatic heterocycles. The lowest BCUT2D eigenvalue weighted by Crippen LogP contribution is -1.95. The van der Waals surface area contributed by atoms with Gasteiger partial charge in [-0.15, -0.1) is 0 Å². The van der Waals surface area contributed by atoms with Crippen LogP contribution in [0.5, 0.6) is 0 Å². The van der Waals surface area contributed by atoms with Gasteiger partial charge in [-0.2, -0.15) is 0 Å². The summed E-state index contributed by atoms with van der Waals surface area (Å²) in [6.07, 6.45) is 7.86. The molecule has 0 heteroatoms. The molecule has 10 heavy (non-hydrogen) atoms. The summed E-state index contributed by atoms with van der Waals surface area (Å²) >= 11 is 0. The van der Waals surface area contributed by atoms with Gasteiger partial charge in [0, 0.05) is 0 Å². The zero-order valence-corrected chi connectivity index (χ0v) is 6.24. The van der Waals surface area contributed by atoms with Crippen LogP contribution in [0.2, 0.25) is 0 Å². The quantitative estimate of drug-likeness (QED) is 0.444. The molecule has 0 bridgehead atoms. The van der Waals surface area contributed by atoms with Crippen molar-refractivity contribution < 1.29 is 0 Å². The number of hydrogen-bond donors (Lipinski definition) is 0. The average molecular weight is 132 g/mol. The molecule has 0 aromatic carbocycles. The monoisotopic (exact) mass is 132 g/mol. The van der Waals surface area contributed by atoms with Crippen LogP contribution in [0.25, 0.3) is 0 Å². The Hall–Kier alpha value is -0.700. The van der Waals surface area contributed by atoms with Crippen LogP contribution in [0.15, 0.2) is 22.6 Å². The Balaban J connectivity index is 2.15. The van der Waals surface area contributed by atoms with Crippen LogP contribution in [0.1, 0.15) is 38.5 Å². The third-order valence-corrected chi connectivity index (χ3v) is 2.33. The van der Waals surface area contributed by atoms with Crippen molar-refractivity contribution in [2.45, 2.75) is 38.5 Å². The fourth-order valence-electron chi connectivity index (χ4n) is 1.13. The molecule has 0 saturated heterocycles. The Bertz CT molecular complexity index is 195. The topological polar surface area (TPSA) is 0 Å². The van der Waals surface area contributed by atoms with Gasteiger partial charge in [-0.25, -0.2) is 0 Å². The van der Waals surface area contributed by atoms with E-state index in [2.05, 4.69) is 11.5 Å². The molecule has 0 radical (unpaired) electrons. The molecule has 0 aliphatic heterocycles. The molecule has 52 valence electrons. The highest BCUT2D eigenvalue weighted by Gasteiger charge is 2.08. The Morgan fingerprint density at radius 2 is 1.10 bits per heavy atom. The molecular weight excluding hydrogens is 120 g/mol. The highest BCUT2D eigenvalue weighted by atomic mass is 14.1. The van der Waals surface area contributed by atoms with Crippen LogP contribution in [-0.4, -0.2) is 0 Å². The van der Waals surface area contributed by atoms with Gasteiger partial charge >= 0.3 is 0 Å². The van der Waals surface area contributed by atoms with Crippen LogP contribution in [0, 0.1) is 0 Å². The second kappa shape index (κ2) is 2.50. The van der Waals surface area contributed by atoms with E-state index in [-0.39, 0.29) is 0 Å². The van der Waals surface area contributed by atoms with E-state index in [1.165, 1.54) is 49.7 Å². The lowest BCUT2D eigenvalue weighted by atomic mass is 9.91. The Morgan fingerprint density at radius 3 is 1.30 bits per heavy atom. The van der Waals surface area contributed by atoms with Crippen molar-refractivity contribution in [3.05, 3.63) is 22.6 Å². The SMILES string of the molecule is C(=C=C1CCC1)=C1CCC1. The van der Waals surface area contributed by atoms with Gasteiger partial charge in [0.15, 0.2) is 0 Å². The van der Waals surface area contributed by atoms with E-state index >= 15 is 0 Å². The molecule has 0 heterocycles. The summed E-state index contributed by atoms with van der Waals surface area (Å²) < 4.78 is 0. The molecule has 2 fully saturated rings. The highest BCUT2D eigenvalue weighted by molar-refractivity contribution is 5.14. The first-order valence-electron chi connectivity index (χ1n) is 4.16. The van der Waals surface area contributed by atoms with Gasteiger partial charge in [0.25, 0.3) is 0 Å². The first-order chi connectivity index (χ1) is 4.95. The molecule has 0 aromatic rings. The minimum Gasteiger partial charge on any atom is -0.0712 e. The van der Waals surface area contributed by atoms with Crippen LogP contribution >= 0.6 is 0 Å². The van der Waals surface area contributed by atoms with Crippen LogP contribution in [0.4, 0.5) is 0 Å². The van der Waals surface area contributed by atoms with Gasteiger partial charge in [0.05, 0.1) is 0 Å². The summed E-state index contributed by atoms with van der Waals surface area (Å²) in [6.45, 7) is 0. The molecule has 0 spiro atoms. The third-order valence-electron chi connectivity index (χ3n) is 2.33. The first kappa shape index (κ1) is 6.04.